The van der Waals surface area contributed by atoms with Gasteiger partial charge in [-0.25, -0.2) is 4.79 Å². The van der Waals surface area contributed by atoms with Crippen molar-refractivity contribution in [3.63, 3.8) is 0 Å². The summed E-state index contributed by atoms with van der Waals surface area (Å²) in [6.45, 7) is 5.02. The van der Waals surface area contributed by atoms with Crippen molar-refractivity contribution in [3.8, 4) is 0 Å². The molecular formula is C20H30N2O2S2. The monoisotopic (exact) mass is 394 g/mol. The molecule has 1 aromatic carbocycles. The molecule has 0 heterocycles. The van der Waals surface area contributed by atoms with Gasteiger partial charge in [-0.3, -0.25) is 0 Å². The second-order valence-electron chi connectivity index (χ2n) is 6.62. The van der Waals surface area contributed by atoms with Crippen LogP contribution in [0.2, 0.25) is 0 Å². The van der Waals surface area contributed by atoms with E-state index in [1.165, 1.54) is 37.9 Å². The number of carbonyl (C=O) groups is 1. The van der Waals surface area contributed by atoms with Gasteiger partial charge in [0.1, 0.15) is 0 Å². The van der Waals surface area contributed by atoms with Gasteiger partial charge >= 0.3 is 5.97 Å². The van der Waals surface area contributed by atoms with Crippen LogP contribution in [0.25, 0.3) is 0 Å². The number of nitrogens with one attached hydrogen (secondary N) is 2. The van der Waals surface area contributed by atoms with Crippen LogP contribution >= 0.6 is 24.0 Å². The smallest absolute Gasteiger partial charge is 0.338 e. The van der Waals surface area contributed by atoms with E-state index in [1.807, 2.05) is 13.0 Å². The van der Waals surface area contributed by atoms with Crippen molar-refractivity contribution >= 4 is 40.7 Å². The molecular weight excluding hydrogens is 364 g/mol. The van der Waals surface area contributed by atoms with Crippen molar-refractivity contribution in [2.45, 2.75) is 57.6 Å². The van der Waals surface area contributed by atoms with Crippen LogP contribution in [0.15, 0.2) is 18.2 Å². The highest BCUT2D eigenvalue weighted by Crippen LogP contribution is 2.28. The number of anilines is 1. The Labute approximate surface area is 166 Å². The molecule has 1 saturated carbocycles. The lowest BCUT2D eigenvalue weighted by atomic mass is 10.0. The molecule has 0 aromatic heterocycles. The van der Waals surface area contributed by atoms with Crippen LogP contribution in [0, 0.1) is 6.92 Å². The summed E-state index contributed by atoms with van der Waals surface area (Å²) in [5.41, 5.74) is 2.41. The highest BCUT2D eigenvalue weighted by Gasteiger charge is 2.13. The van der Waals surface area contributed by atoms with Gasteiger partial charge in [0.2, 0.25) is 0 Å². The van der Waals surface area contributed by atoms with E-state index in [0.29, 0.717) is 17.3 Å². The van der Waals surface area contributed by atoms with Crippen LogP contribution < -0.4 is 10.6 Å². The fraction of sp³-hybridized carbons (Fsp3) is 0.600. The maximum atomic E-state index is 11.9. The maximum Gasteiger partial charge on any atom is 0.338 e. The topological polar surface area (TPSA) is 50.4 Å². The lowest BCUT2D eigenvalue weighted by Crippen LogP contribution is -2.30. The fourth-order valence-corrected chi connectivity index (χ4v) is 4.54. The van der Waals surface area contributed by atoms with E-state index < -0.39 is 0 Å². The van der Waals surface area contributed by atoms with Crippen LogP contribution in [0.5, 0.6) is 0 Å². The molecule has 26 heavy (non-hydrogen) atoms. The normalized spacial score (nSPS) is 14.7. The quantitative estimate of drug-likeness (QED) is 0.371. The first-order valence-corrected chi connectivity index (χ1v) is 11.0. The molecule has 6 heteroatoms. The Balaban J connectivity index is 1.71. The highest BCUT2D eigenvalue weighted by atomic mass is 32.2. The van der Waals surface area contributed by atoms with Crippen molar-refractivity contribution in [3.05, 3.63) is 29.3 Å². The number of esters is 1. The number of ether oxygens (including phenoxy) is 1. The van der Waals surface area contributed by atoms with E-state index in [2.05, 4.69) is 22.4 Å². The zero-order chi connectivity index (χ0) is 18.8. The van der Waals surface area contributed by atoms with Crippen LogP contribution in [0.1, 0.15) is 61.4 Å². The molecule has 0 radical (unpaired) electrons. The van der Waals surface area contributed by atoms with E-state index in [9.17, 15) is 4.79 Å². The Morgan fingerprint density at radius 2 is 2.08 bits per heavy atom. The molecule has 144 valence electrons. The molecule has 0 aliphatic heterocycles. The lowest BCUT2D eigenvalue weighted by Gasteiger charge is -2.21. The Morgan fingerprint density at radius 3 is 2.81 bits per heavy atom. The summed E-state index contributed by atoms with van der Waals surface area (Å²) in [4.78, 5) is 11.9. The van der Waals surface area contributed by atoms with Crippen molar-refractivity contribution < 1.29 is 9.53 Å². The summed E-state index contributed by atoms with van der Waals surface area (Å²) in [6, 6.07) is 5.47. The van der Waals surface area contributed by atoms with Crippen molar-refractivity contribution in [2.24, 2.45) is 0 Å². The van der Waals surface area contributed by atoms with Crippen LogP contribution in [0.4, 0.5) is 5.69 Å². The molecule has 0 bridgehead atoms. The molecule has 0 amide bonds. The van der Waals surface area contributed by atoms with Crippen LogP contribution in [-0.4, -0.2) is 35.2 Å². The maximum absolute atomic E-state index is 11.9. The predicted octanol–water partition coefficient (Wildman–Crippen LogP) is 4.91. The Kier molecular flexibility index (Phi) is 9.26. The van der Waals surface area contributed by atoms with E-state index in [0.717, 1.165) is 29.5 Å². The molecule has 0 atom stereocenters. The zero-order valence-corrected chi connectivity index (χ0v) is 17.4. The Morgan fingerprint density at radius 1 is 1.31 bits per heavy atom. The molecule has 2 rings (SSSR count). The average molecular weight is 395 g/mol. The van der Waals surface area contributed by atoms with Gasteiger partial charge in [0.15, 0.2) is 5.11 Å². The molecule has 0 saturated heterocycles. The van der Waals surface area contributed by atoms with E-state index in [4.69, 9.17) is 17.0 Å². The summed E-state index contributed by atoms with van der Waals surface area (Å²) in [5, 5.41) is 7.91. The summed E-state index contributed by atoms with van der Waals surface area (Å²) < 4.78 is 5.05. The second-order valence-corrected chi connectivity index (χ2v) is 8.43. The molecule has 1 aromatic rings. The number of aryl methyl sites for hydroxylation is 1. The molecule has 1 aliphatic rings. The molecule has 1 aliphatic carbocycles. The van der Waals surface area contributed by atoms with E-state index >= 15 is 0 Å². The van der Waals surface area contributed by atoms with Gasteiger partial charge in [0, 0.05) is 17.5 Å². The summed E-state index contributed by atoms with van der Waals surface area (Å²) in [6.07, 6.45) is 8.07. The first-order chi connectivity index (χ1) is 12.6. The van der Waals surface area contributed by atoms with Gasteiger partial charge in [0.25, 0.3) is 0 Å². The number of thioether (sulfide) groups is 1. The molecule has 2 N–H and O–H groups in total. The number of benzene rings is 1. The van der Waals surface area contributed by atoms with Gasteiger partial charge < -0.3 is 15.4 Å². The van der Waals surface area contributed by atoms with Crippen molar-refractivity contribution in [1.29, 1.82) is 0 Å². The zero-order valence-electron chi connectivity index (χ0n) is 15.8. The third-order valence-corrected chi connectivity index (χ3v) is 6.22. The Hall–Kier alpha value is -1.27. The standard InChI is InChI=1S/C20H30N2O2S2/c1-3-24-19(23)16-11-10-15(2)18(14-16)22-20(25)21-12-7-13-26-17-8-5-4-6-9-17/h10-11,14,17H,3-9,12-13H2,1-2H3,(H2,21,22,25). The van der Waals surface area contributed by atoms with Gasteiger partial charge in [-0.05, 0) is 68.8 Å². The Bertz CT molecular complexity index is 601. The molecule has 4 nitrogen and oxygen atoms in total. The van der Waals surface area contributed by atoms with Gasteiger partial charge in [-0.15, -0.1) is 0 Å². The number of hydrogen-bond donors (Lipinski definition) is 2. The molecule has 0 unspecified atom stereocenters. The van der Waals surface area contributed by atoms with Gasteiger partial charge in [0.05, 0.1) is 12.2 Å². The van der Waals surface area contributed by atoms with E-state index in [1.54, 1.807) is 19.1 Å². The summed E-state index contributed by atoms with van der Waals surface area (Å²) >= 11 is 7.50. The molecule has 0 spiro atoms. The highest BCUT2D eigenvalue weighted by molar-refractivity contribution is 7.99. The number of carbonyl (C=O) groups excluding carboxylic acids is 1. The minimum atomic E-state index is -0.311. The predicted molar refractivity (Wildman–Crippen MR) is 115 cm³/mol. The number of thiocarbonyl (C=S) groups is 1. The first kappa shape index (κ1) is 21.0. The van der Waals surface area contributed by atoms with Crippen LogP contribution in [-0.2, 0) is 4.74 Å². The van der Waals surface area contributed by atoms with Gasteiger partial charge in [-0.2, -0.15) is 11.8 Å². The molecule has 1 fully saturated rings. The minimum Gasteiger partial charge on any atom is -0.462 e. The lowest BCUT2D eigenvalue weighted by molar-refractivity contribution is 0.0526. The number of hydrogen-bond acceptors (Lipinski definition) is 4. The summed E-state index contributed by atoms with van der Waals surface area (Å²) in [5.74, 6) is 0.867. The second kappa shape index (κ2) is 11.4. The minimum absolute atomic E-state index is 0.311. The van der Waals surface area contributed by atoms with Crippen molar-refractivity contribution in [2.75, 3.05) is 24.2 Å². The number of rotatable bonds is 8. The largest absolute Gasteiger partial charge is 0.462 e. The first-order valence-electron chi connectivity index (χ1n) is 9.54. The average Bonchev–Trinajstić information content (AvgIpc) is 2.64. The van der Waals surface area contributed by atoms with Crippen LogP contribution in [0.3, 0.4) is 0 Å². The third kappa shape index (κ3) is 7.16. The third-order valence-electron chi connectivity index (χ3n) is 4.51. The SMILES string of the molecule is CCOC(=O)c1ccc(C)c(NC(=S)NCCCSC2CCCCC2)c1. The fourth-order valence-electron chi connectivity index (χ4n) is 3.02. The summed E-state index contributed by atoms with van der Waals surface area (Å²) in [7, 11) is 0. The van der Waals surface area contributed by atoms with Gasteiger partial charge in [-0.1, -0.05) is 25.3 Å². The van der Waals surface area contributed by atoms with E-state index in [-0.39, 0.29) is 5.97 Å². The van der Waals surface area contributed by atoms with Crippen molar-refractivity contribution in [1.82, 2.24) is 5.32 Å².